The van der Waals surface area contributed by atoms with E-state index in [1.165, 1.54) is 24.5 Å². The maximum absolute atomic E-state index is 12.6. The Kier molecular flexibility index (Phi) is 8.26. The molecule has 0 saturated heterocycles. The van der Waals surface area contributed by atoms with E-state index in [-0.39, 0.29) is 24.0 Å². The summed E-state index contributed by atoms with van der Waals surface area (Å²) in [4.78, 5) is 12.2. The predicted molar refractivity (Wildman–Crippen MR) is 121 cm³/mol. The summed E-state index contributed by atoms with van der Waals surface area (Å²) in [6.07, 6.45) is 7.91. The molecule has 0 aromatic heterocycles. The van der Waals surface area contributed by atoms with Crippen molar-refractivity contribution >= 4 is 15.9 Å². The highest BCUT2D eigenvalue weighted by Crippen LogP contribution is 2.22. The van der Waals surface area contributed by atoms with Crippen LogP contribution in [0.25, 0.3) is 0 Å². The summed E-state index contributed by atoms with van der Waals surface area (Å²) in [5, 5.41) is 2.88. The Bertz CT molecular complexity index is 1020. The van der Waals surface area contributed by atoms with E-state index in [4.69, 9.17) is 4.74 Å². The molecule has 1 aliphatic rings. The van der Waals surface area contributed by atoms with Crippen molar-refractivity contribution in [3.63, 3.8) is 0 Å². The second kappa shape index (κ2) is 11.1. The smallest absolute Gasteiger partial charge is 0.257 e. The molecular formula is C24H30N2O4S. The lowest BCUT2D eigenvalue weighted by molar-refractivity contribution is -0.123. The van der Waals surface area contributed by atoms with Crippen LogP contribution in [0, 0.1) is 6.92 Å². The quantitative estimate of drug-likeness (QED) is 0.547. The van der Waals surface area contributed by atoms with E-state index < -0.39 is 10.0 Å². The van der Waals surface area contributed by atoms with E-state index in [1.54, 1.807) is 19.1 Å². The van der Waals surface area contributed by atoms with Crippen LogP contribution in [0.4, 0.5) is 0 Å². The van der Waals surface area contributed by atoms with E-state index in [0.717, 1.165) is 24.8 Å². The molecule has 2 aromatic carbocycles. The average molecular weight is 443 g/mol. The number of carbonyl (C=O) groups excluding carboxylic acids is 1. The molecule has 0 fully saturated rings. The van der Waals surface area contributed by atoms with Crippen molar-refractivity contribution in [1.82, 2.24) is 10.0 Å². The molecule has 0 bridgehead atoms. The van der Waals surface area contributed by atoms with E-state index in [0.29, 0.717) is 17.9 Å². The Morgan fingerprint density at radius 3 is 2.61 bits per heavy atom. The number of amides is 1. The third-order valence-electron chi connectivity index (χ3n) is 5.28. The van der Waals surface area contributed by atoms with Crippen molar-refractivity contribution in [2.24, 2.45) is 0 Å². The SMILES string of the molecule is Cc1cc(S(=O)(=O)NCc2ccccc2)ccc1OCC(=O)NCCC1=CCCCC1. The summed E-state index contributed by atoms with van der Waals surface area (Å²) in [7, 11) is -3.64. The van der Waals surface area contributed by atoms with Gasteiger partial charge in [0.2, 0.25) is 10.0 Å². The minimum Gasteiger partial charge on any atom is -0.484 e. The van der Waals surface area contributed by atoms with Gasteiger partial charge < -0.3 is 10.1 Å². The largest absolute Gasteiger partial charge is 0.484 e. The summed E-state index contributed by atoms with van der Waals surface area (Å²) >= 11 is 0. The highest BCUT2D eigenvalue weighted by atomic mass is 32.2. The first-order valence-corrected chi connectivity index (χ1v) is 12.1. The van der Waals surface area contributed by atoms with Crippen LogP contribution >= 0.6 is 0 Å². The number of hydrogen-bond acceptors (Lipinski definition) is 4. The number of rotatable bonds is 10. The molecule has 0 spiro atoms. The fourth-order valence-corrected chi connectivity index (χ4v) is 4.60. The molecule has 0 atom stereocenters. The second-order valence-electron chi connectivity index (χ2n) is 7.73. The van der Waals surface area contributed by atoms with Crippen LogP contribution in [-0.2, 0) is 21.4 Å². The third-order valence-corrected chi connectivity index (χ3v) is 6.68. The molecular weight excluding hydrogens is 412 g/mol. The van der Waals surface area contributed by atoms with E-state index in [1.807, 2.05) is 30.3 Å². The average Bonchev–Trinajstić information content (AvgIpc) is 2.78. The monoisotopic (exact) mass is 442 g/mol. The molecule has 3 rings (SSSR count). The van der Waals surface area contributed by atoms with Gasteiger partial charge in [-0.3, -0.25) is 4.79 Å². The Hall–Kier alpha value is -2.64. The normalized spacial score (nSPS) is 14.0. The van der Waals surface area contributed by atoms with Gasteiger partial charge in [0, 0.05) is 13.1 Å². The Labute approximate surface area is 184 Å². The van der Waals surface area contributed by atoms with Gasteiger partial charge in [-0.2, -0.15) is 0 Å². The molecule has 1 aliphatic carbocycles. The summed E-state index contributed by atoms with van der Waals surface area (Å²) in [6, 6.07) is 14.0. The first-order valence-electron chi connectivity index (χ1n) is 10.7. The van der Waals surface area contributed by atoms with Crippen molar-refractivity contribution < 1.29 is 17.9 Å². The number of sulfonamides is 1. The summed E-state index contributed by atoms with van der Waals surface area (Å²) in [5.74, 6) is 0.309. The zero-order chi connectivity index (χ0) is 22.1. The summed E-state index contributed by atoms with van der Waals surface area (Å²) < 4.78 is 33.3. The van der Waals surface area contributed by atoms with Gasteiger partial charge in [0.25, 0.3) is 5.91 Å². The number of benzene rings is 2. The van der Waals surface area contributed by atoms with Crippen LogP contribution in [0.15, 0.2) is 65.1 Å². The first kappa shape index (κ1) is 23.0. The zero-order valence-electron chi connectivity index (χ0n) is 17.9. The number of carbonyl (C=O) groups is 1. The lowest BCUT2D eigenvalue weighted by atomic mass is 9.97. The van der Waals surface area contributed by atoms with Crippen LogP contribution in [0.3, 0.4) is 0 Å². The highest BCUT2D eigenvalue weighted by Gasteiger charge is 2.16. The van der Waals surface area contributed by atoms with E-state index >= 15 is 0 Å². The predicted octanol–water partition coefficient (Wildman–Crippen LogP) is 3.86. The van der Waals surface area contributed by atoms with Gasteiger partial charge in [-0.15, -0.1) is 0 Å². The molecule has 0 unspecified atom stereocenters. The maximum Gasteiger partial charge on any atom is 0.257 e. The lowest BCUT2D eigenvalue weighted by Gasteiger charge is -2.14. The fraction of sp³-hybridized carbons (Fsp3) is 0.375. The second-order valence-corrected chi connectivity index (χ2v) is 9.50. The van der Waals surface area contributed by atoms with Crippen molar-refractivity contribution in [1.29, 1.82) is 0 Å². The maximum atomic E-state index is 12.6. The van der Waals surface area contributed by atoms with Crippen molar-refractivity contribution in [2.45, 2.75) is 50.5 Å². The van der Waals surface area contributed by atoms with Gasteiger partial charge in [-0.25, -0.2) is 13.1 Å². The number of ether oxygens (including phenoxy) is 1. The van der Waals surface area contributed by atoms with Crippen molar-refractivity contribution in [3.8, 4) is 5.75 Å². The van der Waals surface area contributed by atoms with Crippen molar-refractivity contribution in [2.75, 3.05) is 13.2 Å². The molecule has 0 saturated carbocycles. The third kappa shape index (κ3) is 7.22. The van der Waals surface area contributed by atoms with E-state index in [9.17, 15) is 13.2 Å². The Balaban J connectivity index is 1.48. The van der Waals surface area contributed by atoms with Gasteiger partial charge in [0.05, 0.1) is 4.90 Å². The molecule has 7 heteroatoms. The molecule has 31 heavy (non-hydrogen) atoms. The van der Waals surface area contributed by atoms with Gasteiger partial charge in [-0.1, -0.05) is 42.0 Å². The number of allylic oxidation sites excluding steroid dienone is 1. The number of hydrogen-bond donors (Lipinski definition) is 2. The molecule has 0 radical (unpaired) electrons. The van der Waals surface area contributed by atoms with Crippen LogP contribution in [0.2, 0.25) is 0 Å². The fourth-order valence-electron chi connectivity index (χ4n) is 3.50. The Morgan fingerprint density at radius 1 is 1.10 bits per heavy atom. The molecule has 166 valence electrons. The van der Waals surface area contributed by atoms with Crippen LogP contribution in [0.1, 0.15) is 43.2 Å². The zero-order valence-corrected chi connectivity index (χ0v) is 18.7. The summed E-state index contributed by atoms with van der Waals surface area (Å²) in [6.45, 7) is 2.49. The molecule has 0 heterocycles. The highest BCUT2D eigenvalue weighted by molar-refractivity contribution is 7.89. The van der Waals surface area contributed by atoms with Gasteiger partial charge in [0.15, 0.2) is 6.61 Å². The van der Waals surface area contributed by atoms with Gasteiger partial charge >= 0.3 is 0 Å². The van der Waals surface area contributed by atoms with Gasteiger partial charge in [0.1, 0.15) is 5.75 Å². The first-order chi connectivity index (χ1) is 14.9. The molecule has 6 nitrogen and oxygen atoms in total. The standard InChI is InChI=1S/C24H30N2O4S/c1-19-16-22(31(28,29)26-17-21-10-6-3-7-11-21)12-13-23(19)30-18-24(27)25-15-14-20-8-4-2-5-9-20/h3,6-8,10-13,16,26H,2,4-5,9,14-15,17-18H2,1H3,(H,25,27). The summed E-state index contributed by atoms with van der Waals surface area (Å²) in [5.41, 5.74) is 2.96. The van der Waals surface area contributed by atoms with Crippen LogP contribution < -0.4 is 14.8 Å². The van der Waals surface area contributed by atoms with Crippen LogP contribution in [-0.4, -0.2) is 27.5 Å². The van der Waals surface area contributed by atoms with E-state index in [2.05, 4.69) is 16.1 Å². The molecule has 0 aliphatic heterocycles. The molecule has 2 aromatic rings. The lowest BCUT2D eigenvalue weighted by Crippen LogP contribution is -2.30. The number of aryl methyl sites for hydroxylation is 1. The van der Waals surface area contributed by atoms with Gasteiger partial charge in [-0.05, 0) is 68.4 Å². The minimum absolute atomic E-state index is 0.0990. The Morgan fingerprint density at radius 2 is 1.90 bits per heavy atom. The number of nitrogens with one attached hydrogen (secondary N) is 2. The van der Waals surface area contributed by atoms with Crippen LogP contribution in [0.5, 0.6) is 5.75 Å². The topological polar surface area (TPSA) is 84.5 Å². The molecule has 2 N–H and O–H groups in total. The molecule has 1 amide bonds. The minimum atomic E-state index is -3.64. The van der Waals surface area contributed by atoms with Crippen molar-refractivity contribution in [3.05, 3.63) is 71.3 Å².